The van der Waals surface area contributed by atoms with E-state index in [0.29, 0.717) is 19.6 Å². The maximum atomic E-state index is 12.6. The van der Waals surface area contributed by atoms with E-state index in [-0.39, 0.29) is 9.64 Å². The third-order valence-electron chi connectivity index (χ3n) is 3.23. The van der Waals surface area contributed by atoms with Crippen LogP contribution in [-0.4, -0.2) is 59.7 Å². The fraction of sp³-hybridized carbons (Fsp3) is 0.750. The van der Waals surface area contributed by atoms with Crippen LogP contribution < -0.4 is 5.32 Å². The van der Waals surface area contributed by atoms with Gasteiger partial charge in [-0.1, -0.05) is 0 Å². The fourth-order valence-electron chi connectivity index (χ4n) is 2.15. The molecule has 114 valence electrons. The number of nitrogens with zero attached hydrogens (tertiary/aromatic N) is 3. The summed E-state index contributed by atoms with van der Waals surface area (Å²) in [6.07, 6.45) is 3.06. The minimum absolute atomic E-state index is 0.0343. The summed E-state index contributed by atoms with van der Waals surface area (Å²) in [6.45, 7) is 6.69. The van der Waals surface area contributed by atoms with Gasteiger partial charge in [0.25, 0.3) is 0 Å². The lowest BCUT2D eigenvalue weighted by atomic mass is 10.2. The van der Waals surface area contributed by atoms with Crippen molar-refractivity contribution in [1.82, 2.24) is 19.4 Å². The van der Waals surface area contributed by atoms with Crippen LogP contribution in [0, 0.1) is 0 Å². The lowest BCUT2D eigenvalue weighted by molar-refractivity contribution is 0.387. The van der Waals surface area contributed by atoms with Gasteiger partial charge in [-0.2, -0.15) is 21.2 Å². The van der Waals surface area contributed by atoms with Gasteiger partial charge in [0, 0.05) is 36.3 Å². The molecule has 20 heavy (non-hydrogen) atoms. The highest BCUT2D eigenvalue weighted by Gasteiger charge is 2.35. The predicted octanol–water partition coefficient (Wildman–Crippen LogP) is 0.619. The Morgan fingerprint density at radius 2 is 2.25 bits per heavy atom. The zero-order valence-electron chi connectivity index (χ0n) is 12.2. The summed E-state index contributed by atoms with van der Waals surface area (Å²) in [5.41, 5.74) is 0. The monoisotopic (exact) mass is 318 g/mol. The van der Waals surface area contributed by atoms with Crippen LogP contribution in [-0.2, 0) is 16.6 Å². The Balaban J connectivity index is 2.15. The van der Waals surface area contributed by atoms with Crippen molar-refractivity contribution in [2.75, 3.05) is 32.4 Å². The molecular weight excluding hydrogens is 296 g/mol. The number of hydrogen-bond acceptors (Lipinski definition) is 5. The number of rotatable bonds is 5. The first-order valence-electron chi connectivity index (χ1n) is 6.66. The standard InChI is InChI=1S/C12H22N4O2S2/c1-12(2)10-16(6-7-19-12)20(17,18)11-8-14-15(9-11)5-4-13-3/h8-9,13H,4-7,10H2,1-3H3. The molecule has 1 fully saturated rings. The van der Waals surface area contributed by atoms with Crippen LogP contribution in [0.3, 0.4) is 0 Å². The van der Waals surface area contributed by atoms with Gasteiger partial charge < -0.3 is 5.32 Å². The van der Waals surface area contributed by atoms with E-state index < -0.39 is 10.0 Å². The SMILES string of the molecule is CNCCn1cc(S(=O)(=O)N2CCSC(C)(C)C2)cn1. The summed E-state index contributed by atoms with van der Waals surface area (Å²) < 4.78 is 28.4. The van der Waals surface area contributed by atoms with Gasteiger partial charge in [0.05, 0.1) is 12.7 Å². The van der Waals surface area contributed by atoms with Gasteiger partial charge >= 0.3 is 0 Å². The van der Waals surface area contributed by atoms with Crippen LogP contribution in [0.15, 0.2) is 17.3 Å². The molecule has 6 nitrogen and oxygen atoms in total. The average Bonchev–Trinajstić information content (AvgIpc) is 2.84. The first kappa shape index (κ1) is 15.8. The molecule has 1 aliphatic heterocycles. The summed E-state index contributed by atoms with van der Waals surface area (Å²) in [4.78, 5) is 0.288. The van der Waals surface area contributed by atoms with Crippen molar-refractivity contribution in [2.24, 2.45) is 0 Å². The molecule has 1 aliphatic rings. The topological polar surface area (TPSA) is 67.2 Å². The predicted molar refractivity (Wildman–Crippen MR) is 81.4 cm³/mol. The van der Waals surface area contributed by atoms with Crippen LogP contribution >= 0.6 is 11.8 Å². The van der Waals surface area contributed by atoms with Gasteiger partial charge in [0.15, 0.2) is 0 Å². The number of thioether (sulfide) groups is 1. The first-order valence-corrected chi connectivity index (χ1v) is 9.09. The number of nitrogens with one attached hydrogen (secondary N) is 1. The van der Waals surface area contributed by atoms with Gasteiger partial charge in [-0.15, -0.1) is 0 Å². The molecule has 0 bridgehead atoms. The van der Waals surface area contributed by atoms with Crippen molar-refractivity contribution in [3.8, 4) is 0 Å². The van der Waals surface area contributed by atoms with Crippen LogP contribution in [0.4, 0.5) is 0 Å². The molecule has 0 amide bonds. The number of sulfonamides is 1. The minimum Gasteiger partial charge on any atom is -0.318 e. The molecule has 0 saturated carbocycles. The van der Waals surface area contributed by atoms with E-state index in [1.165, 1.54) is 6.20 Å². The average molecular weight is 318 g/mol. The normalized spacial score (nSPS) is 20.1. The number of aromatic nitrogens is 2. The molecule has 1 N–H and O–H groups in total. The highest BCUT2D eigenvalue weighted by Crippen LogP contribution is 2.32. The largest absolute Gasteiger partial charge is 0.318 e. The van der Waals surface area contributed by atoms with Crippen molar-refractivity contribution in [3.63, 3.8) is 0 Å². The second-order valence-corrected chi connectivity index (χ2v) is 9.23. The number of hydrogen-bond donors (Lipinski definition) is 1. The van der Waals surface area contributed by atoms with E-state index >= 15 is 0 Å². The third kappa shape index (κ3) is 3.55. The zero-order valence-corrected chi connectivity index (χ0v) is 13.8. The van der Waals surface area contributed by atoms with E-state index in [9.17, 15) is 8.42 Å². The van der Waals surface area contributed by atoms with Crippen molar-refractivity contribution in [3.05, 3.63) is 12.4 Å². The summed E-state index contributed by atoms with van der Waals surface area (Å²) in [7, 11) is -1.57. The molecule has 0 aliphatic carbocycles. The molecule has 0 radical (unpaired) electrons. The fourth-order valence-corrected chi connectivity index (χ4v) is 5.02. The first-order chi connectivity index (χ1) is 9.35. The summed E-state index contributed by atoms with van der Waals surface area (Å²) in [6, 6.07) is 0. The third-order valence-corrected chi connectivity index (χ3v) is 6.32. The van der Waals surface area contributed by atoms with Crippen LogP contribution in [0.25, 0.3) is 0 Å². The molecule has 1 aromatic heterocycles. The Kier molecular flexibility index (Phi) is 4.78. The van der Waals surface area contributed by atoms with E-state index in [1.54, 1.807) is 15.2 Å². The lowest BCUT2D eigenvalue weighted by Gasteiger charge is -2.36. The molecule has 0 atom stereocenters. The van der Waals surface area contributed by atoms with Crippen LogP contribution in [0.1, 0.15) is 13.8 Å². The molecular formula is C12H22N4O2S2. The maximum absolute atomic E-state index is 12.6. The van der Waals surface area contributed by atoms with Gasteiger partial charge in [-0.3, -0.25) is 4.68 Å². The molecule has 1 aromatic rings. The molecule has 1 saturated heterocycles. The molecule has 2 heterocycles. The van der Waals surface area contributed by atoms with Crippen molar-refractivity contribution in [1.29, 1.82) is 0 Å². The smallest absolute Gasteiger partial charge is 0.246 e. The maximum Gasteiger partial charge on any atom is 0.246 e. The van der Waals surface area contributed by atoms with Crippen molar-refractivity contribution in [2.45, 2.75) is 30.0 Å². The lowest BCUT2D eigenvalue weighted by Crippen LogP contribution is -2.45. The molecule has 0 aromatic carbocycles. The second-order valence-electron chi connectivity index (χ2n) is 5.49. The second kappa shape index (κ2) is 6.05. The molecule has 0 unspecified atom stereocenters. The Hall–Kier alpha value is -0.570. The van der Waals surface area contributed by atoms with Crippen LogP contribution in [0.5, 0.6) is 0 Å². The van der Waals surface area contributed by atoms with Gasteiger partial charge in [-0.05, 0) is 20.9 Å². The van der Waals surface area contributed by atoms with E-state index in [2.05, 4.69) is 24.3 Å². The summed E-state index contributed by atoms with van der Waals surface area (Å²) >= 11 is 1.82. The highest BCUT2D eigenvalue weighted by atomic mass is 32.2. The minimum atomic E-state index is -3.42. The Bertz CT molecular complexity index is 554. The Labute approximate surface area is 125 Å². The molecule has 0 spiro atoms. The van der Waals surface area contributed by atoms with Gasteiger partial charge in [0.1, 0.15) is 4.90 Å². The van der Waals surface area contributed by atoms with E-state index in [0.717, 1.165) is 12.3 Å². The van der Waals surface area contributed by atoms with Gasteiger partial charge in [0.2, 0.25) is 10.0 Å². The van der Waals surface area contributed by atoms with Crippen molar-refractivity contribution < 1.29 is 8.42 Å². The summed E-state index contributed by atoms with van der Waals surface area (Å²) in [5.74, 6) is 0.833. The van der Waals surface area contributed by atoms with Crippen LogP contribution in [0.2, 0.25) is 0 Å². The number of likely N-dealkylation sites (N-methyl/N-ethyl adjacent to an activating group) is 1. The van der Waals surface area contributed by atoms with Gasteiger partial charge in [-0.25, -0.2) is 8.42 Å². The van der Waals surface area contributed by atoms with Crippen molar-refractivity contribution >= 4 is 21.8 Å². The quantitative estimate of drug-likeness (QED) is 0.862. The molecule has 2 rings (SSSR count). The highest BCUT2D eigenvalue weighted by molar-refractivity contribution is 8.00. The Morgan fingerprint density at radius 1 is 1.50 bits per heavy atom. The molecule has 8 heteroatoms. The van der Waals surface area contributed by atoms with E-state index in [1.807, 2.05) is 18.8 Å². The Morgan fingerprint density at radius 3 is 2.90 bits per heavy atom. The summed E-state index contributed by atoms with van der Waals surface area (Å²) in [5, 5.41) is 7.13. The zero-order chi connectivity index (χ0) is 14.8. The van der Waals surface area contributed by atoms with E-state index in [4.69, 9.17) is 0 Å².